The molecule has 0 aliphatic heterocycles. The lowest BCUT2D eigenvalue weighted by Crippen LogP contribution is -2.04. The van der Waals surface area contributed by atoms with Gasteiger partial charge < -0.3 is 0 Å². The minimum atomic E-state index is 0.199. The molecule has 0 heterocycles. The van der Waals surface area contributed by atoms with Crippen LogP contribution in [0.1, 0.15) is 24.0 Å². The molecular weight excluding hydrogens is 275 g/mol. The molecule has 2 rings (SSSR count). The van der Waals surface area contributed by atoms with E-state index in [1.807, 2.05) is 18.2 Å². The first-order valence-electron chi connectivity index (χ1n) is 6.66. The third kappa shape index (κ3) is 5.26. The zero-order valence-electron chi connectivity index (χ0n) is 10.9. The lowest BCUT2D eigenvalue weighted by Gasteiger charge is -2.09. The van der Waals surface area contributed by atoms with Crippen molar-refractivity contribution in [1.29, 1.82) is 0 Å². The highest BCUT2D eigenvalue weighted by molar-refractivity contribution is 6.30. The third-order valence-electron chi connectivity index (χ3n) is 3.20. The van der Waals surface area contributed by atoms with Gasteiger partial charge in [-0.3, -0.25) is 0 Å². The van der Waals surface area contributed by atoms with Gasteiger partial charge in [-0.1, -0.05) is 54.1 Å². The fourth-order valence-corrected chi connectivity index (χ4v) is 2.61. The van der Waals surface area contributed by atoms with Gasteiger partial charge in [0.25, 0.3) is 0 Å². The van der Waals surface area contributed by atoms with Crippen molar-refractivity contribution < 1.29 is 0 Å². The summed E-state index contributed by atoms with van der Waals surface area (Å²) in [6, 6.07) is 18.5. The minimum absolute atomic E-state index is 0.199. The van der Waals surface area contributed by atoms with Gasteiger partial charge in [0.15, 0.2) is 0 Å². The highest BCUT2D eigenvalue weighted by atomic mass is 35.5. The zero-order chi connectivity index (χ0) is 13.5. The highest BCUT2D eigenvalue weighted by Crippen LogP contribution is 2.17. The van der Waals surface area contributed by atoms with E-state index in [0.717, 1.165) is 30.7 Å². The molecule has 0 saturated carbocycles. The molecule has 0 N–H and O–H groups in total. The summed E-state index contributed by atoms with van der Waals surface area (Å²) in [5.74, 6) is 0. The molecular formula is C17H18Cl2. The average molecular weight is 293 g/mol. The second kappa shape index (κ2) is 7.57. The van der Waals surface area contributed by atoms with Crippen LogP contribution in [0.3, 0.4) is 0 Å². The molecule has 0 nitrogen and oxygen atoms in total. The zero-order valence-corrected chi connectivity index (χ0v) is 12.4. The van der Waals surface area contributed by atoms with Gasteiger partial charge in [0.05, 0.1) is 0 Å². The van der Waals surface area contributed by atoms with Gasteiger partial charge in [0.1, 0.15) is 0 Å². The van der Waals surface area contributed by atoms with Gasteiger partial charge in [-0.25, -0.2) is 0 Å². The Morgan fingerprint density at radius 2 is 1.53 bits per heavy atom. The topological polar surface area (TPSA) is 0 Å². The van der Waals surface area contributed by atoms with Crippen LogP contribution in [0.2, 0.25) is 5.02 Å². The summed E-state index contributed by atoms with van der Waals surface area (Å²) in [4.78, 5) is 0. The van der Waals surface area contributed by atoms with Crippen molar-refractivity contribution in [2.24, 2.45) is 0 Å². The number of hydrogen-bond donors (Lipinski definition) is 0. The van der Waals surface area contributed by atoms with Gasteiger partial charge in [0.2, 0.25) is 0 Å². The Labute approximate surface area is 125 Å². The monoisotopic (exact) mass is 292 g/mol. The third-order valence-corrected chi connectivity index (χ3v) is 3.82. The van der Waals surface area contributed by atoms with Crippen LogP contribution in [-0.4, -0.2) is 5.38 Å². The average Bonchev–Trinajstić information content (AvgIpc) is 2.43. The Bertz CT molecular complexity index is 476. The van der Waals surface area contributed by atoms with Crippen molar-refractivity contribution in [3.05, 3.63) is 70.7 Å². The summed E-state index contributed by atoms with van der Waals surface area (Å²) in [6.45, 7) is 0. The largest absolute Gasteiger partial charge is 0.123 e. The van der Waals surface area contributed by atoms with Crippen LogP contribution in [0.15, 0.2) is 54.6 Å². The maximum Gasteiger partial charge on any atom is 0.0406 e. The molecule has 0 fully saturated rings. The van der Waals surface area contributed by atoms with Crippen molar-refractivity contribution in [2.75, 3.05) is 0 Å². The van der Waals surface area contributed by atoms with Crippen molar-refractivity contribution in [1.82, 2.24) is 0 Å². The number of aryl methyl sites for hydroxylation is 1. The van der Waals surface area contributed by atoms with Gasteiger partial charge >= 0.3 is 0 Å². The summed E-state index contributed by atoms with van der Waals surface area (Å²) in [5.41, 5.74) is 2.64. The molecule has 2 heteroatoms. The molecule has 0 aromatic heterocycles. The summed E-state index contributed by atoms with van der Waals surface area (Å²) in [5, 5.41) is 0.976. The summed E-state index contributed by atoms with van der Waals surface area (Å²) >= 11 is 12.3. The van der Waals surface area contributed by atoms with Crippen LogP contribution in [0, 0.1) is 0 Å². The van der Waals surface area contributed by atoms with Crippen molar-refractivity contribution in [3.8, 4) is 0 Å². The SMILES string of the molecule is Clc1ccc(CC(Cl)CCCc2ccccc2)cc1. The maximum atomic E-state index is 6.39. The van der Waals surface area contributed by atoms with Crippen molar-refractivity contribution >= 4 is 23.2 Å². The van der Waals surface area contributed by atoms with E-state index in [9.17, 15) is 0 Å². The van der Waals surface area contributed by atoms with E-state index < -0.39 is 0 Å². The van der Waals surface area contributed by atoms with E-state index in [1.54, 1.807) is 0 Å². The summed E-state index contributed by atoms with van der Waals surface area (Å²) < 4.78 is 0. The van der Waals surface area contributed by atoms with Crippen molar-refractivity contribution in [2.45, 2.75) is 31.1 Å². The quantitative estimate of drug-likeness (QED) is 0.616. The normalized spacial score (nSPS) is 12.3. The van der Waals surface area contributed by atoms with Gasteiger partial charge in [0, 0.05) is 10.4 Å². The predicted molar refractivity (Wildman–Crippen MR) is 84.2 cm³/mol. The summed E-state index contributed by atoms with van der Waals surface area (Å²) in [7, 11) is 0. The van der Waals surface area contributed by atoms with E-state index in [0.29, 0.717) is 0 Å². The van der Waals surface area contributed by atoms with E-state index in [-0.39, 0.29) is 5.38 Å². The number of hydrogen-bond acceptors (Lipinski definition) is 0. The van der Waals surface area contributed by atoms with Crippen molar-refractivity contribution in [3.63, 3.8) is 0 Å². The standard InChI is InChI=1S/C17H18Cl2/c18-16-11-9-15(10-12-16)13-17(19)8-4-7-14-5-2-1-3-6-14/h1-3,5-6,9-12,17H,4,7-8,13H2. The lowest BCUT2D eigenvalue weighted by atomic mass is 10.0. The fraction of sp³-hybridized carbons (Fsp3) is 0.294. The molecule has 1 atom stereocenters. The second-order valence-electron chi connectivity index (χ2n) is 4.81. The molecule has 0 spiro atoms. The van der Waals surface area contributed by atoms with Crippen LogP contribution < -0.4 is 0 Å². The first kappa shape index (κ1) is 14.4. The number of benzene rings is 2. The molecule has 2 aromatic carbocycles. The fourth-order valence-electron chi connectivity index (χ4n) is 2.15. The molecule has 2 aromatic rings. The van der Waals surface area contributed by atoms with E-state index >= 15 is 0 Å². The Morgan fingerprint density at radius 1 is 0.842 bits per heavy atom. The molecule has 0 saturated heterocycles. The molecule has 0 bridgehead atoms. The number of rotatable bonds is 6. The number of halogens is 2. The Morgan fingerprint density at radius 3 is 2.21 bits per heavy atom. The molecule has 100 valence electrons. The predicted octanol–water partition coefficient (Wildman–Crippen LogP) is 5.51. The smallest absolute Gasteiger partial charge is 0.0406 e. The molecule has 1 unspecified atom stereocenters. The van der Waals surface area contributed by atoms with Crippen LogP contribution in [0.25, 0.3) is 0 Å². The van der Waals surface area contributed by atoms with Crippen LogP contribution in [0.5, 0.6) is 0 Å². The first-order chi connectivity index (χ1) is 9.24. The van der Waals surface area contributed by atoms with E-state index in [4.69, 9.17) is 23.2 Å². The first-order valence-corrected chi connectivity index (χ1v) is 7.48. The second-order valence-corrected chi connectivity index (χ2v) is 5.86. The molecule has 19 heavy (non-hydrogen) atoms. The maximum absolute atomic E-state index is 6.39. The minimum Gasteiger partial charge on any atom is -0.123 e. The Kier molecular flexibility index (Phi) is 5.75. The molecule has 0 aliphatic rings. The van der Waals surface area contributed by atoms with Crippen LogP contribution in [0.4, 0.5) is 0 Å². The Hall–Kier alpha value is -0.980. The van der Waals surface area contributed by atoms with Gasteiger partial charge in [-0.15, -0.1) is 11.6 Å². The highest BCUT2D eigenvalue weighted by Gasteiger charge is 2.06. The number of alkyl halides is 1. The van der Waals surface area contributed by atoms with Crippen LogP contribution >= 0.6 is 23.2 Å². The van der Waals surface area contributed by atoms with E-state index in [2.05, 4.69) is 36.4 Å². The Balaban J connectivity index is 1.73. The molecule has 0 aliphatic carbocycles. The molecule has 0 radical (unpaired) electrons. The van der Waals surface area contributed by atoms with Gasteiger partial charge in [-0.2, -0.15) is 0 Å². The lowest BCUT2D eigenvalue weighted by molar-refractivity contribution is 0.686. The van der Waals surface area contributed by atoms with Gasteiger partial charge in [-0.05, 0) is 48.9 Å². The summed E-state index contributed by atoms with van der Waals surface area (Å²) in [6.07, 6.45) is 4.18. The van der Waals surface area contributed by atoms with E-state index in [1.165, 1.54) is 11.1 Å². The van der Waals surface area contributed by atoms with Crippen LogP contribution in [-0.2, 0) is 12.8 Å². The molecule has 0 amide bonds.